The Kier molecular flexibility index (Phi) is 3.58. The molecular weight excluding hydrogens is 220 g/mol. The lowest BCUT2D eigenvalue weighted by atomic mass is 10.1. The van der Waals surface area contributed by atoms with E-state index in [1.807, 2.05) is 0 Å². The fourth-order valence-corrected chi connectivity index (χ4v) is 2.01. The molecule has 1 aromatic rings. The van der Waals surface area contributed by atoms with Gasteiger partial charge < -0.3 is 10.1 Å². The minimum atomic E-state index is -0.362. The van der Waals surface area contributed by atoms with Crippen LogP contribution in [0.3, 0.4) is 0 Å². The Morgan fingerprint density at radius 2 is 2.41 bits per heavy atom. The summed E-state index contributed by atoms with van der Waals surface area (Å²) < 4.78 is 5.50. The van der Waals surface area contributed by atoms with Crippen LogP contribution in [-0.4, -0.2) is 24.2 Å². The number of nitro benzene ring substituents is 1. The molecule has 0 aromatic heterocycles. The molecule has 1 aliphatic rings. The molecule has 0 saturated carbocycles. The van der Waals surface area contributed by atoms with Crippen LogP contribution in [0.5, 0.6) is 0 Å². The summed E-state index contributed by atoms with van der Waals surface area (Å²) in [6, 6.07) is 5.07. The number of nitrogens with one attached hydrogen (secondary N) is 1. The first-order valence-corrected chi connectivity index (χ1v) is 5.77. The number of ether oxygens (including phenoxy) is 1. The maximum Gasteiger partial charge on any atom is 0.272 e. The lowest BCUT2D eigenvalue weighted by Gasteiger charge is -2.12. The highest BCUT2D eigenvalue weighted by Crippen LogP contribution is 2.22. The van der Waals surface area contributed by atoms with Gasteiger partial charge in [0, 0.05) is 30.5 Å². The van der Waals surface area contributed by atoms with Crippen LogP contribution in [0.15, 0.2) is 18.2 Å². The van der Waals surface area contributed by atoms with Crippen molar-refractivity contribution in [2.45, 2.75) is 25.9 Å². The molecule has 5 nitrogen and oxygen atoms in total. The molecule has 1 fully saturated rings. The number of aryl methyl sites for hydroxylation is 1. The quantitative estimate of drug-likeness (QED) is 0.644. The average Bonchev–Trinajstić information content (AvgIpc) is 2.78. The first-order valence-electron chi connectivity index (χ1n) is 5.77. The largest absolute Gasteiger partial charge is 0.382 e. The van der Waals surface area contributed by atoms with Gasteiger partial charge in [0.1, 0.15) is 0 Å². The summed E-state index contributed by atoms with van der Waals surface area (Å²) >= 11 is 0. The van der Waals surface area contributed by atoms with E-state index >= 15 is 0 Å². The van der Waals surface area contributed by atoms with Crippen LogP contribution < -0.4 is 5.32 Å². The molecule has 1 saturated heterocycles. The van der Waals surface area contributed by atoms with Crippen molar-refractivity contribution in [2.75, 3.05) is 18.5 Å². The highest BCUT2D eigenvalue weighted by molar-refractivity contribution is 5.53. The van der Waals surface area contributed by atoms with Gasteiger partial charge in [-0.2, -0.15) is 0 Å². The third-order valence-corrected chi connectivity index (χ3v) is 2.95. The molecule has 92 valence electrons. The Bertz CT molecular complexity index is 414. The zero-order chi connectivity index (χ0) is 12.3. The third-order valence-electron chi connectivity index (χ3n) is 2.95. The SMILES string of the molecule is Cc1cc(NCC2CCCO2)ccc1[N+](=O)[O-]. The van der Waals surface area contributed by atoms with Gasteiger partial charge in [0.25, 0.3) is 5.69 Å². The number of anilines is 1. The summed E-state index contributed by atoms with van der Waals surface area (Å²) in [5.41, 5.74) is 1.74. The molecule has 1 N–H and O–H groups in total. The van der Waals surface area contributed by atoms with Crippen LogP contribution in [0.1, 0.15) is 18.4 Å². The molecule has 1 atom stereocenters. The second-order valence-electron chi connectivity index (χ2n) is 4.27. The van der Waals surface area contributed by atoms with E-state index in [0.29, 0.717) is 5.56 Å². The van der Waals surface area contributed by atoms with Crippen LogP contribution in [0.25, 0.3) is 0 Å². The predicted octanol–water partition coefficient (Wildman–Crippen LogP) is 2.49. The molecule has 1 aliphatic heterocycles. The maximum absolute atomic E-state index is 10.7. The van der Waals surface area contributed by atoms with Crippen LogP contribution in [0.4, 0.5) is 11.4 Å². The first kappa shape index (κ1) is 11.9. The number of hydrogen-bond donors (Lipinski definition) is 1. The maximum atomic E-state index is 10.7. The highest BCUT2D eigenvalue weighted by atomic mass is 16.6. The van der Waals surface area contributed by atoms with Crippen molar-refractivity contribution in [3.05, 3.63) is 33.9 Å². The standard InChI is InChI=1S/C12H16N2O3/c1-9-7-10(4-5-12(9)14(15)16)13-8-11-3-2-6-17-11/h4-5,7,11,13H,2-3,6,8H2,1H3. The second-order valence-corrected chi connectivity index (χ2v) is 4.27. The van der Waals surface area contributed by atoms with Gasteiger partial charge in [0.2, 0.25) is 0 Å². The lowest BCUT2D eigenvalue weighted by molar-refractivity contribution is -0.385. The van der Waals surface area contributed by atoms with Gasteiger partial charge in [0.05, 0.1) is 11.0 Å². The van der Waals surface area contributed by atoms with E-state index < -0.39 is 0 Å². The minimum Gasteiger partial charge on any atom is -0.382 e. The lowest BCUT2D eigenvalue weighted by Crippen LogP contribution is -2.18. The molecule has 0 bridgehead atoms. The Labute approximate surface area is 99.9 Å². The van der Waals surface area contributed by atoms with E-state index in [-0.39, 0.29) is 16.7 Å². The van der Waals surface area contributed by atoms with Crippen molar-refractivity contribution in [2.24, 2.45) is 0 Å². The molecule has 1 unspecified atom stereocenters. The van der Waals surface area contributed by atoms with Crippen molar-refractivity contribution in [3.63, 3.8) is 0 Å². The highest BCUT2D eigenvalue weighted by Gasteiger charge is 2.15. The van der Waals surface area contributed by atoms with Crippen LogP contribution in [0.2, 0.25) is 0 Å². The Morgan fingerprint density at radius 1 is 1.59 bits per heavy atom. The third kappa shape index (κ3) is 2.94. The Balaban J connectivity index is 1.97. The normalized spacial score (nSPS) is 19.2. The van der Waals surface area contributed by atoms with E-state index in [4.69, 9.17) is 4.74 Å². The summed E-state index contributed by atoms with van der Waals surface area (Å²) in [5, 5.41) is 13.9. The van der Waals surface area contributed by atoms with Crippen molar-refractivity contribution in [3.8, 4) is 0 Å². The Hall–Kier alpha value is -1.62. The van der Waals surface area contributed by atoms with Crippen molar-refractivity contribution < 1.29 is 9.66 Å². The summed E-state index contributed by atoms with van der Waals surface area (Å²) in [5.74, 6) is 0. The smallest absolute Gasteiger partial charge is 0.272 e. The van der Waals surface area contributed by atoms with Gasteiger partial charge in [0.15, 0.2) is 0 Å². The van der Waals surface area contributed by atoms with E-state index in [9.17, 15) is 10.1 Å². The van der Waals surface area contributed by atoms with Gasteiger partial charge in [-0.15, -0.1) is 0 Å². The van der Waals surface area contributed by atoms with E-state index in [1.54, 1.807) is 19.1 Å². The summed E-state index contributed by atoms with van der Waals surface area (Å²) in [4.78, 5) is 10.3. The molecule has 17 heavy (non-hydrogen) atoms. The summed E-state index contributed by atoms with van der Waals surface area (Å²) in [6.45, 7) is 3.35. The van der Waals surface area contributed by atoms with Crippen molar-refractivity contribution >= 4 is 11.4 Å². The molecule has 0 spiro atoms. The average molecular weight is 236 g/mol. The van der Waals surface area contributed by atoms with Gasteiger partial charge in [-0.05, 0) is 31.9 Å². The number of nitro groups is 1. The molecule has 0 aliphatic carbocycles. The van der Waals surface area contributed by atoms with Crippen molar-refractivity contribution in [1.82, 2.24) is 0 Å². The zero-order valence-corrected chi connectivity index (χ0v) is 9.81. The zero-order valence-electron chi connectivity index (χ0n) is 9.81. The van der Waals surface area contributed by atoms with Crippen LogP contribution >= 0.6 is 0 Å². The minimum absolute atomic E-state index is 0.160. The molecule has 1 aromatic carbocycles. The Morgan fingerprint density at radius 3 is 3.00 bits per heavy atom. The van der Waals surface area contributed by atoms with Crippen molar-refractivity contribution in [1.29, 1.82) is 0 Å². The van der Waals surface area contributed by atoms with E-state index in [2.05, 4.69) is 5.32 Å². The topological polar surface area (TPSA) is 64.4 Å². The molecule has 0 radical (unpaired) electrons. The van der Waals surface area contributed by atoms with Crippen LogP contribution in [0, 0.1) is 17.0 Å². The number of nitrogens with zero attached hydrogens (tertiary/aromatic N) is 1. The van der Waals surface area contributed by atoms with E-state index in [0.717, 1.165) is 31.7 Å². The molecule has 2 rings (SSSR count). The van der Waals surface area contributed by atoms with Gasteiger partial charge in [-0.1, -0.05) is 0 Å². The molecule has 1 heterocycles. The van der Waals surface area contributed by atoms with E-state index in [1.165, 1.54) is 6.07 Å². The van der Waals surface area contributed by atoms with Crippen LogP contribution in [-0.2, 0) is 4.74 Å². The summed E-state index contributed by atoms with van der Waals surface area (Å²) in [6.07, 6.45) is 2.47. The fraction of sp³-hybridized carbons (Fsp3) is 0.500. The second kappa shape index (κ2) is 5.14. The fourth-order valence-electron chi connectivity index (χ4n) is 2.01. The molecular formula is C12H16N2O3. The predicted molar refractivity (Wildman–Crippen MR) is 65.3 cm³/mol. The van der Waals surface area contributed by atoms with Gasteiger partial charge in [-0.25, -0.2) is 0 Å². The monoisotopic (exact) mass is 236 g/mol. The number of benzene rings is 1. The summed E-state index contributed by atoms with van der Waals surface area (Å²) in [7, 11) is 0. The molecule has 0 amide bonds. The first-order chi connectivity index (χ1) is 8.16. The van der Waals surface area contributed by atoms with Gasteiger partial charge in [-0.3, -0.25) is 10.1 Å². The number of rotatable bonds is 4. The van der Waals surface area contributed by atoms with Gasteiger partial charge >= 0.3 is 0 Å². The number of hydrogen-bond acceptors (Lipinski definition) is 4. The molecule has 5 heteroatoms.